The number of nitrogens with one attached hydrogen (secondary N) is 1. The topological polar surface area (TPSA) is 64.2 Å². The lowest BCUT2D eigenvalue weighted by Gasteiger charge is -2.08. The Kier molecular flexibility index (Phi) is 4.92. The van der Waals surface area contributed by atoms with Gasteiger partial charge in [0, 0.05) is 21.3 Å². The van der Waals surface area contributed by atoms with E-state index in [9.17, 15) is 4.79 Å². The van der Waals surface area contributed by atoms with Crippen molar-refractivity contribution >= 4 is 39.4 Å². The maximum absolute atomic E-state index is 12.2. The van der Waals surface area contributed by atoms with Gasteiger partial charge in [-0.3, -0.25) is 0 Å². The molecule has 0 fully saturated rings. The average Bonchev–Trinajstić information content (AvgIpc) is 3.05. The molecule has 0 unspecified atom stereocenters. The number of pyridine rings is 1. The first-order chi connectivity index (χ1) is 13.6. The monoisotopic (exact) mass is 394 g/mol. The molecule has 0 amide bonds. The number of hydrogen-bond acceptors (Lipinski definition) is 4. The number of ether oxygens (including phenoxy) is 2. The van der Waals surface area contributed by atoms with Gasteiger partial charge in [-0.15, -0.1) is 0 Å². The van der Waals surface area contributed by atoms with Crippen LogP contribution in [0, 0.1) is 6.92 Å². The standard InChI is InChI=1S/C22H19ClN2O3/c1-3-27-22(26)21-13(2)20-17-10-16(7-8-18(17)25-19(20)11-24-21)28-12-14-5-4-6-15(23)9-14/h4-11,25H,3,12H2,1-2H3. The molecule has 0 saturated heterocycles. The van der Waals surface area contributed by atoms with Crippen LogP contribution in [0.3, 0.4) is 0 Å². The van der Waals surface area contributed by atoms with Gasteiger partial charge in [0.2, 0.25) is 0 Å². The third kappa shape index (κ3) is 3.41. The number of hydrogen-bond donors (Lipinski definition) is 1. The van der Waals surface area contributed by atoms with Crippen LogP contribution in [0.5, 0.6) is 5.75 Å². The summed E-state index contributed by atoms with van der Waals surface area (Å²) in [6, 6.07) is 13.4. The normalized spacial score (nSPS) is 11.1. The molecule has 2 aromatic carbocycles. The average molecular weight is 395 g/mol. The summed E-state index contributed by atoms with van der Waals surface area (Å²) < 4.78 is 11.1. The lowest BCUT2D eigenvalue weighted by molar-refractivity contribution is 0.0519. The summed E-state index contributed by atoms with van der Waals surface area (Å²) in [6.45, 7) is 4.39. The van der Waals surface area contributed by atoms with Crippen molar-refractivity contribution in [2.75, 3.05) is 6.61 Å². The molecule has 0 aliphatic carbocycles. The van der Waals surface area contributed by atoms with Crippen LogP contribution in [0.4, 0.5) is 0 Å². The number of carbonyl (C=O) groups is 1. The number of H-pyrrole nitrogens is 1. The Morgan fingerprint density at radius 1 is 1.18 bits per heavy atom. The summed E-state index contributed by atoms with van der Waals surface area (Å²) in [5.74, 6) is 0.326. The van der Waals surface area contributed by atoms with Crippen LogP contribution < -0.4 is 4.74 Å². The van der Waals surface area contributed by atoms with Gasteiger partial charge in [-0.05, 0) is 55.3 Å². The predicted octanol–water partition coefficient (Wildman–Crippen LogP) is 5.43. The van der Waals surface area contributed by atoms with Gasteiger partial charge < -0.3 is 14.5 Å². The van der Waals surface area contributed by atoms with Gasteiger partial charge in [0.25, 0.3) is 0 Å². The molecule has 5 nitrogen and oxygen atoms in total. The molecule has 1 N–H and O–H groups in total. The minimum absolute atomic E-state index is 0.313. The van der Waals surface area contributed by atoms with E-state index in [0.717, 1.165) is 38.7 Å². The smallest absolute Gasteiger partial charge is 0.357 e. The van der Waals surface area contributed by atoms with Crippen molar-refractivity contribution in [2.24, 2.45) is 0 Å². The molecule has 0 bridgehead atoms. The summed E-state index contributed by atoms with van der Waals surface area (Å²) in [7, 11) is 0. The van der Waals surface area contributed by atoms with Gasteiger partial charge in [-0.1, -0.05) is 23.7 Å². The first-order valence-corrected chi connectivity index (χ1v) is 9.40. The van der Waals surface area contributed by atoms with E-state index in [1.165, 1.54) is 0 Å². The summed E-state index contributed by atoms with van der Waals surface area (Å²) in [5.41, 5.74) is 3.94. The number of nitrogens with zero attached hydrogens (tertiary/aromatic N) is 1. The van der Waals surface area contributed by atoms with Crippen LogP contribution in [-0.4, -0.2) is 22.5 Å². The Morgan fingerprint density at radius 2 is 2.04 bits per heavy atom. The number of rotatable bonds is 5. The number of aromatic nitrogens is 2. The van der Waals surface area contributed by atoms with E-state index in [0.29, 0.717) is 23.9 Å². The highest BCUT2D eigenvalue weighted by atomic mass is 35.5. The highest BCUT2D eigenvalue weighted by Crippen LogP contribution is 2.32. The molecule has 142 valence electrons. The number of halogens is 1. The van der Waals surface area contributed by atoms with Crippen molar-refractivity contribution in [2.45, 2.75) is 20.5 Å². The minimum Gasteiger partial charge on any atom is -0.489 e. The number of aromatic amines is 1. The lowest BCUT2D eigenvalue weighted by atomic mass is 10.1. The van der Waals surface area contributed by atoms with E-state index >= 15 is 0 Å². The van der Waals surface area contributed by atoms with Gasteiger partial charge >= 0.3 is 5.97 Å². The van der Waals surface area contributed by atoms with Gasteiger partial charge in [0.15, 0.2) is 5.69 Å². The van der Waals surface area contributed by atoms with Gasteiger partial charge in [0.05, 0.1) is 18.3 Å². The van der Waals surface area contributed by atoms with E-state index in [1.54, 1.807) is 13.1 Å². The molecule has 0 spiro atoms. The van der Waals surface area contributed by atoms with Crippen LogP contribution in [0.1, 0.15) is 28.5 Å². The fourth-order valence-corrected chi connectivity index (χ4v) is 3.54. The number of aryl methyl sites for hydroxylation is 1. The maximum Gasteiger partial charge on any atom is 0.357 e. The number of esters is 1. The van der Waals surface area contributed by atoms with Crippen molar-refractivity contribution in [3.8, 4) is 5.75 Å². The molecule has 2 heterocycles. The molecule has 28 heavy (non-hydrogen) atoms. The zero-order valence-corrected chi connectivity index (χ0v) is 16.3. The molecule has 0 saturated carbocycles. The van der Waals surface area contributed by atoms with E-state index in [1.807, 2.05) is 49.4 Å². The van der Waals surface area contributed by atoms with Gasteiger partial charge in [0.1, 0.15) is 12.4 Å². The van der Waals surface area contributed by atoms with E-state index in [-0.39, 0.29) is 0 Å². The quantitative estimate of drug-likeness (QED) is 0.458. The summed E-state index contributed by atoms with van der Waals surface area (Å²) in [4.78, 5) is 19.8. The predicted molar refractivity (Wildman–Crippen MR) is 110 cm³/mol. The highest BCUT2D eigenvalue weighted by Gasteiger charge is 2.17. The summed E-state index contributed by atoms with van der Waals surface area (Å²) >= 11 is 6.03. The third-order valence-corrected chi connectivity index (χ3v) is 4.85. The van der Waals surface area contributed by atoms with E-state index in [2.05, 4.69) is 9.97 Å². The SMILES string of the molecule is CCOC(=O)c1ncc2[nH]c3ccc(OCc4cccc(Cl)c4)cc3c2c1C. The van der Waals surface area contributed by atoms with Crippen LogP contribution >= 0.6 is 11.6 Å². The third-order valence-electron chi connectivity index (χ3n) is 4.62. The molecule has 0 radical (unpaired) electrons. The molecule has 0 aliphatic heterocycles. The largest absolute Gasteiger partial charge is 0.489 e. The molecule has 2 aromatic heterocycles. The first-order valence-electron chi connectivity index (χ1n) is 9.02. The molecular formula is C22H19ClN2O3. The first kappa shape index (κ1) is 18.3. The van der Waals surface area contributed by atoms with Crippen LogP contribution in [-0.2, 0) is 11.3 Å². The van der Waals surface area contributed by atoms with Crippen molar-refractivity contribution in [1.29, 1.82) is 0 Å². The molecule has 4 rings (SSSR count). The minimum atomic E-state index is -0.412. The molecule has 0 aliphatic rings. The van der Waals surface area contributed by atoms with Gasteiger partial charge in [-0.2, -0.15) is 0 Å². The summed E-state index contributed by atoms with van der Waals surface area (Å²) in [6.07, 6.45) is 1.67. The van der Waals surface area contributed by atoms with Gasteiger partial charge in [-0.25, -0.2) is 9.78 Å². The van der Waals surface area contributed by atoms with Crippen molar-refractivity contribution < 1.29 is 14.3 Å². The number of carbonyl (C=O) groups excluding carboxylic acids is 1. The second-order valence-corrected chi connectivity index (χ2v) is 6.93. The van der Waals surface area contributed by atoms with E-state index < -0.39 is 5.97 Å². The Balaban J connectivity index is 1.72. The number of benzene rings is 2. The fraction of sp³-hybridized carbons (Fsp3) is 0.182. The fourth-order valence-electron chi connectivity index (χ4n) is 3.33. The van der Waals surface area contributed by atoms with Crippen molar-refractivity contribution in [3.05, 3.63) is 70.5 Å². The molecule has 6 heteroatoms. The summed E-state index contributed by atoms with van der Waals surface area (Å²) in [5, 5.41) is 2.60. The lowest BCUT2D eigenvalue weighted by Crippen LogP contribution is -2.09. The maximum atomic E-state index is 12.2. The van der Waals surface area contributed by atoms with Crippen LogP contribution in [0.15, 0.2) is 48.7 Å². The Labute approximate surface area is 167 Å². The van der Waals surface area contributed by atoms with Crippen LogP contribution in [0.25, 0.3) is 21.8 Å². The second-order valence-electron chi connectivity index (χ2n) is 6.49. The zero-order valence-electron chi connectivity index (χ0n) is 15.6. The van der Waals surface area contributed by atoms with E-state index in [4.69, 9.17) is 21.1 Å². The van der Waals surface area contributed by atoms with Crippen molar-refractivity contribution in [1.82, 2.24) is 9.97 Å². The van der Waals surface area contributed by atoms with Crippen LogP contribution in [0.2, 0.25) is 5.02 Å². The highest BCUT2D eigenvalue weighted by molar-refractivity contribution is 6.30. The zero-order chi connectivity index (χ0) is 19.7. The molecule has 4 aromatic rings. The van der Waals surface area contributed by atoms with Crippen molar-refractivity contribution in [3.63, 3.8) is 0 Å². The molecular weight excluding hydrogens is 376 g/mol. The Hall–Kier alpha value is -3.05. The molecule has 0 atom stereocenters. The second kappa shape index (κ2) is 7.52. The Morgan fingerprint density at radius 3 is 2.82 bits per heavy atom. The Bertz CT molecular complexity index is 1180. The number of fused-ring (bicyclic) bond motifs is 3.